The van der Waals surface area contributed by atoms with E-state index in [1.807, 2.05) is 31.2 Å². The third-order valence-corrected chi connectivity index (χ3v) is 5.55. The molecule has 2 aromatic rings. The van der Waals surface area contributed by atoms with Crippen LogP contribution in [0, 0.1) is 6.92 Å². The van der Waals surface area contributed by atoms with Gasteiger partial charge in [0, 0.05) is 11.8 Å². The molecule has 5 nitrogen and oxygen atoms in total. The van der Waals surface area contributed by atoms with Crippen LogP contribution in [0.1, 0.15) is 28.4 Å². The third-order valence-electron chi connectivity index (χ3n) is 3.79. The molecule has 2 heterocycles. The minimum Gasteiger partial charge on any atom is -0.298 e. The van der Waals surface area contributed by atoms with Crippen LogP contribution in [0.5, 0.6) is 0 Å². The van der Waals surface area contributed by atoms with Gasteiger partial charge in [-0.25, -0.2) is 8.42 Å². The van der Waals surface area contributed by atoms with Gasteiger partial charge in [0.2, 0.25) is 0 Å². The van der Waals surface area contributed by atoms with Crippen LogP contribution in [-0.4, -0.2) is 36.0 Å². The Balaban J connectivity index is 1.99. The van der Waals surface area contributed by atoms with E-state index >= 15 is 0 Å². The highest BCUT2D eigenvalue weighted by Crippen LogP contribution is 2.27. The predicted octanol–water partition coefficient (Wildman–Crippen LogP) is 2.03. The molecular weight excluding hydrogens is 288 g/mol. The number of aromatic nitrogens is 2. The van der Waals surface area contributed by atoms with Crippen LogP contribution in [0.25, 0.3) is 11.3 Å². The minimum absolute atomic E-state index is 0.0975. The predicted molar refractivity (Wildman–Crippen MR) is 80.1 cm³/mol. The van der Waals surface area contributed by atoms with Gasteiger partial charge in [0.25, 0.3) is 0 Å². The van der Waals surface area contributed by atoms with E-state index in [-0.39, 0.29) is 17.5 Å². The van der Waals surface area contributed by atoms with Crippen molar-refractivity contribution in [2.75, 3.05) is 11.5 Å². The van der Waals surface area contributed by atoms with Gasteiger partial charge in [-0.05, 0) is 13.3 Å². The molecule has 21 heavy (non-hydrogen) atoms. The Hall–Kier alpha value is -1.95. The number of benzene rings is 1. The van der Waals surface area contributed by atoms with E-state index in [9.17, 15) is 13.2 Å². The van der Waals surface area contributed by atoms with Gasteiger partial charge in [-0.3, -0.25) is 9.48 Å². The molecule has 0 N–H and O–H groups in total. The minimum atomic E-state index is -2.97. The lowest BCUT2D eigenvalue weighted by atomic mass is 10.1. The van der Waals surface area contributed by atoms with Crippen molar-refractivity contribution in [2.45, 2.75) is 19.4 Å². The maximum absolute atomic E-state index is 11.6. The quantitative estimate of drug-likeness (QED) is 0.814. The second kappa shape index (κ2) is 5.11. The highest BCUT2D eigenvalue weighted by Gasteiger charge is 2.30. The Morgan fingerprint density at radius 1 is 1.29 bits per heavy atom. The topological polar surface area (TPSA) is 69.0 Å². The molecule has 110 valence electrons. The summed E-state index contributed by atoms with van der Waals surface area (Å²) in [6.45, 7) is 1.99. The zero-order valence-electron chi connectivity index (χ0n) is 11.7. The zero-order chi connectivity index (χ0) is 15.0. The fourth-order valence-electron chi connectivity index (χ4n) is 2.60. The van der Waals surface area contributed by atoms with Crippen molar-refractivity contribution in [1.29, 1.82) is 0 Å². The van der Waals surface area contributed by atoms with Crippen LogP contribution in [0.15, 0.2) is 30.5 Å². The van der Waals surface area contributed by atoms with Gasteiger partial charge in [-0.2, -0.15) is 5.10 Å². The SMILES string of the molecule is Cc1ccc(-c2nn(C3CCS(=O)(=O)C3)cc2C=O)cc1. The van der Waals surface area contributed by atoms with Gasteiger partial charge < -0.3 is 0 Å². The fourth-order valence-corrected chi connectivity index (χ4v) is 4.30. The molecule has 1 aromatic carbocycles. The second-order valence-corrected chi connectivity index (χ2v) is 7.68. The lowest BCUT2D eigenvalue weighted by molar-refractivity contribution is 0.112. The summed E-state index contributed by atoms with van der Waals surface area (Å²) in [5.74, 6) is 0.286. The normalized spacial score (nSPS) is 20.5. The first-order valence-electron chi connectivity index (χ1n) is 6.80. The Kier molecular flexibility index (Phi) is 3.41. The smallest absolute Gasteiger partial charge is 0.153 e. The molecule has 1 aromatic heterocycles. The summed E-state index contributed by atoms with van der Waals surface area (Å²) in [6.07, 6.45) is 2.96. The molecule has 1 atom stereocenters. The van der Waals surface area contributed by atoms with Crippen molar-refractivity contribution < 1.29 is 13.2 Å². The molecular formula is C15H16N2O3S. The van der Waals surface area contributed by atoms with E-state index in [2.05, 4.69) is 5.10 Å². The first-order chi connectivity index (χ1) is 9.98. The maximum Gasteiger partial charge on any atom is 0.153 e. The molecule has 1 unspecified atom stereocenters. The summed E-state index contributed by atoms with van der Waals surface area (Å²) in [5.41, 5.74) is 3.09. The molecule has 0 spiro atoms. The number of nitrogens with zero attached hydrogens (tertiary/aromatic N) is 2. The summed E-state index contributed by atoms with van der Waals surface area (Å²) in [5, 5.41) is 4.45. The van der Waals surface area contributed by atoms with E-state index in [1.54, 1.807) is 10.9 Å². The summed E-state index contributed by atoms with van der Waals surface area (Å²) < 4.78 is 24.8. The van der Waals surface area contributed by atoms with Crippen molar-refractivity contribution in [3.05, 3.63) is 41.6 Å². The van der Waals surface area contributed by atoms with Crippen molar-refractivity contribution >= 4 is 16.1 Å². The van der Waals surface area contributed by atoms with Crippen LogP contribution >= 0.6 is 0 Å². The van der Waals surface area contributed by atoms with Crippen LogP contribution in [0.2, 0.25) is 0 Å². The Morgan fingerprint density at radius 3 is 2.57 bits per heavy atom. The molecule has 0 bridgehead atoms. The molecule has 0 aliphatic carbocycles. The summed E-state index contributed by atoms with van der Waals surface area (Å²) in [6, 6.07) is 7.58. The zero-order valence-corrected chi connectivity index (χ0v) is 12.5. The largest absolute Gasteiger partial charge is 0.298 e. The van der Waals surface area contributed by atoms with Crippen LogP contribution in [0.3, 0.4) is 0 Å². The van der Waals surface area contributed by atoms with Crippen molar-refractivity contribution in [3.63, 3.8) is 0 Å². The molecule has 0 amide bonds. The molecule has 3 rings (SSSR count). The number of sulfone groups is 1. The summed E-state index contributed by atoms with van der Waals surface area (Å²) >= 11 is 0. The number of carbonyl (C=O) groups is 1. The van der Waals surface area contributed by atoms with Crippen molar-refractivity contribution in [3.8, 4) is 11.3 Å². The van der Waals surface area contributed by atoms with Gasteiger partial charge in [-0.1, -0.05) is 29.8 Å². The number of carbonyl (C=O) groups excluding carboxylic acids is 1. The second-order valence-electron chi connectivity index (χ2n) is 5.45. The van der Waals surface area contributed by atoms with E-state index in [0.717, 1.165) is 17.4 Å². The lowest BCUT2D eigenvalue weighted by Crippen LogP contribution is -2.11. The monoisotopic (exact) mass is 304 g/mol. The van der Waals surface area contributed by atoms with Crippen molar-refractivity contribution in [2.24, 2.45) is 0 Å². The molecule has 1 fully saturated rings. The molecule has 1 aliphatic rings. The number of aldehydes is 1. The van der Waals surface area contributed by atoms with E-state index < -0.39 is 9.84 Å². The van der Waals surface area contributed by atoms with E-state index in [0.29, 0.717) is 17.7 Å². The van der Waals surface area contributed by atoms with Gasteiger partial charge in [0.15, 0.2) is 16.1 Å². The number of hydrogen-bond acceptors (Lipinski definition) is 4. The highest BCUT2D eigenvalue weighted by atomic mass is 32.2. The van der Waals surface area contributed by atoms with Gasteiger partial charge in [-0.15, -0.1) is 0 Å². The van der Waals surface area contributed by atoms with Crippen LogP contribution in [0.4, 0.5) is 0 Å². The number of aryl methyl sites for hydroxylation is 1. The van der Waals surface area contributed by atoms with Gasteiger partial charge in [0.1, 0.15) is 5.69 Å². The number of hydrogen-bond donors (Lipinski definition) is 0. The average Bonchev–Trinajstić information content (AvgIpc) is 3.02. The Labute approximate surface area is 123 Å². The molecule has 1 aliphatic heterocycles. The summed E-state index contributed by atoms with van der Waals surface area (Å²) in [4.78, 5) is 11.3. The lowest BCUT2D eigenvalue weighted by Gasteiger charge is -2.07. The van der Waals surface area contributed by atoms with E-state index in [1.165, 1.54) is 0 Å². The Morgan fingerprint density at radius 2 is 2.00 bits per heavy atom. The third kappa shape index (κ3) is 2.76. The fraction of sp³-hybridized carbons (Fsp3) is 0.333. The Bertz CT molecular complexity index is 776. The molecule has 0 saturated carbocycles. The average molecular weight is 304 g/mol. The van der Waals surface area contributed by atoms with Gasteiger partial charge >= 0.3 is 0 Å². The first-order valence-corrected chi connectivity index (χ1v) is 8.62. The molecule has 6 heteroatoms. The molecule has 1 saturated heterocycles. The highest BCUT2D eigenvalue weighted by molar-refractivity contribution is 7.91. The van der Waals surface area contributed by atoms with Gasteiger partial charge in [0.05, 0.1) is 23.1 Å². The molecule has 0 radical (unpaired) electrons. The van der Waals surface area contributed by atoms with Crippen LogP contribution < -0.4 is 0 Å². The van der Waals surface area contributed by atoms with E-state index in [4.69, 9.17) is 0 Å². The standard InChI is InChI=1S/C15H16N2O3S/c1-11-2-4-12(5-3-11)15-13(9-18)8-17(16-15)14-6-7-21(19,20)10-14/h2-5,8-9,14H,6-7,10H2,1H3. The summed E-state index contributed by atoms with van der Waals surface area (Å²) in [7, 11) is -2.97. The maximum atomic E-state index is 11.6. The first kappa shape index (κ1) is 14.0. The van der Waals surface area contributed by atoms with Crippen molar-refractivity contribution in [1.82, 2.24) is 9.78 Å². The number of rotatable bonds is 3. The van der Waals surface area contributed by atoms with Crippen LogP contribution in [-0.2, 0) is 9.84 Å².